The lowest BCUT2D eigenvalue weighted by Crippen LogP contribution is -2.40. The van der Waals surface area contributed by atoms with Crippen LogP contribution in [0.5, 0.6) is 0 Å². The molecular weight excluding hydrogens is 312 g/mol. The number of benzene rings is 2. The molecule has 2 amide bonds. The van der Waals surface area contributed by atoms with E-state index in [0.717, 1.165) is 33.6 Å². The van der Waals surface area contributed by atoms with Crippen molar-refractivity contribution >= 4 is 23.2 Å². The summed E-state index contributed by atoms with van der Waals surface area (Å²) in [6.45, 7) is 9.83. The molecule has 0 spiro atoms. The molecule has 0 unspecified atom stereocenters. The molecule has 2 aromatic carbocycles. The summed E-state index contributed by atoms with van der Waals surface area (Å²) in [4.78, 5) is 27.0. The molecule has 0 saturated heterocycles. The lowest BCUT2D eigenvalue weighted by atomic mass is 9.85. The summed E-state index contributed by atoms with van der Waals surface area (Å²) in [5, 5.41) is 2.92. The van der Waals surface area contributed by atoms with Gasteiger partial charge >= 0.3 is 0 Å². The van der Waals surface area contributed by atoms with E-state index in [9.17, 15) is 9.59 Å². The van der Waals surface area contributed by atoms with Crippen LogP contribution in [0.2, 0.25) is 0 Å². The highest BCUT2D eigenvalue weighted by Gasteiger charge is 2.44. The predicted molar refractivity (Wildman–Crippen MR) is 101 cm³/mol. The van der Waals surface area contributed by atoms with Crippen molar-refractivity contribution in [1.82, 2.24) is 0 Å². The Balaban J connectivity index is 1.83. The minimum absolute atomic E-state index is 0.0195. The fourth-order valence-electron chi connectivity index (χ4n) is 3.39. The Morgan fingerprint density at radius 3 is 2.36 bits per heavy atom. The van der Waals surface area contributed by atoms with Gasteiger partial charge in [0.2, 0.25) is 11.8 Å². The van der Waals surface area contributed by atoms with Crippen molar-refractivity contribution in [3.05, 3.63) is 58.7 Å². The van der Waals surface area contributed by atoms with Gasteiger partial charge in [-0.2, -0.15) is 0 Å². The molecule has 0 fully saturated rings. The number of carbonyl (C=O) groups excluding carboxylic acids is 2. The highest BCUT2D eigenvalue weighted by atomic mass is 16.2. The van der Waals surface area contributed by atoms with Gasteiger partial charge in [-0.3, -0.25) is 9.59 Å². The van der Waals surface area contributed by atoms with Crippen LogP contribution in [-0.4, -0.2) is 18.4 Å². The molecule has 0 bridgehead atoms. The number of hydrogen-bond donors (Lipinski definition) is 1. The van der Waals surface area contributed by atoms with Crippen LogP contribution in [0, 0.1) is 20.8 Å². The second kappa shape index (κ2) is 6.03. The van der Waals surface area contributed by atoms with E-state index in [-0.39, 0.29) is 18.4 Å². The topological polar surface area (TPSA) is 49.4 Å². The summed E-state index contributed by atoms with van der Waals surface area (Å²) in [5.41, 5.74) is 5.26. The Morgan fingerprint density at radius 1 is 1.04 bits per heavy atom. The van der Waals surface area contributed by atoms with Crippen molar-refractivity contribution in [1.29, 1.82) is 0 Å². The SMILES string of the molecule is Cc1ccc(NC(=O)CN2C(=O)C(C)(C)c3cc(C)ccc32)c(C)c1. The van der Waals surface area contributed by atoms with Crippen LogP contribution in [0.25, 0.3) is 0 Å². The minimum atomic E-state index is -0.610. The Morgan fingerprint density at radius 2 is 1.68 bits per heavy atom. The standard InChI is InChI=1S/C21H24N2O2/c1-13-6-8-17(15(3)10-13)22-19(24)12-23-18-9-7-14(2)11-16(18)21(4,5)20(23)25/h6-11H,12H2,1-5H3,(H,22,24). The first-order valence-electron chi connectivity index (χ1n) is 8.50. The highest BCUT2D eigenvalue weighted by Crippen LogP contribution is 2.41. The molecule has 2 aromatic rings. The van der Waals surface area contributed by atoms with Gasteiger partial charge in [0, 0.05) is 11.4 Å². The van der Waals surface area contributed by atoms with Gasteiger partial charge in [0.1, 0.15) is 6.54 Å². The summed E-state index contributed by atoms with van der Waals surface area (Å²) in [7, 11) is 0. The third kappa shape index (κ3) is 3.04. The number of anilines is 2. The molecule has 4 nitrogen and oxygen atoms in total. The summed E-state index contributed by atoms with van der Waals surface area (Å²) in [6, 6.07) is 11.8. The molecule has 0 aliphatic carbocycles. The van der Waals surface area contributed by atoms with Gasteiger partial charge in [-0.1, -0.05) is 35.4 Å². The molecule has 4 heteroatoms. The van der Waals surface area contributed by atoms with E-state index < -0.39 is 5.41 Å². The van der Waals surface area contributed by atoms with Gasteiger partial charge in [0.25, 0.3) is 0 Å². The number of nitrogens with one attached hydrogen (secondary N) is 1. The normalized spacial score (nSPS) is 15.2. The Hall–Kier alpha value is -2.62. The highest BCUT2D eigenvalue weighted by molar-refractivity contribution is 6.11. The fourth-order valence-corrected chi connectivity index (χ4v) is 3.39. The second-order valence-electron chi connectivity index (χ2n) is 7.40. The van der Waals surface area contributed by atoms with E-state index in [1.807, 2.05) is 71.0 Å². The fraction of sp³-hybridized carbons (Fsp3) is 0.333. The van der Waals surface area contributed by atoms with E-state index in [1.165, 1.54) is 0 Å². The van der Waals surface area contributed by atoms with E-state index in [4.69, 9.17) is 0 Å². The van der Waals surface area contributed by atoms with Crippen LogP contribution in [0.3, 0.4) is 0 Å². The van der Waals surface area contributed by atoms with Gasteiger partial charge in [0.15, 0.2) is 0 Å². The van der Waals surface area contributed by atoms with Crippen LogP contribution < -0.4 is 10.2 Å². The monoisotopic (exact) mass is 336 g/mol. The number of carbonyl (C=O) groups is 2. The summed E-state index contributed by atoms with van der Waals surface area (Å²) in [6.07, 6.45) is 0. The third-order valence-electron chi connectivity index (χ3n) is 4.85. The molecule has 0 aromatic heterocycles. The molecular formula is C21H24N2O2. The van der Waals surface area contributed by atoms with Crippen molar-refractivity contribution in [2.24, 2.45) is 0 Å². The van der Waals surface area contributed by atoms with Crippen molar-refractivity contribution in [2.45, 2.75) is 40.0 Å². The second-order valence-corrected chi connectivity index (χ2v) is 7.40. The Labute approximate surface area is 148 Å². The van der Waals surface area contributed by atoms with Crippen molar-refractivity contribution in [3.63, 3.8) is 0 Å². The average molecular weight is 336 g/mol. The predicted octanol–water partition coefficient (Wildman–Crippen LogP) is 3.87. The maximum Gasteiger partial charge on any atom is 0.244 e. The van der Waals surface area contributed by atoms with Crippen molar-refractivity contribution in [2.75, 3.05) is 16.8 Å². The Kier molecular flexibility index (Phi) is 4.15. The van der Waals surface area contributed by atoms with Crippen LogP contribution in [0.4, 0.5) is 11.4 Å². The maximum atomic E-state index is 12.8. The summed E-state index contributed by atoms with van der Waals surface area (Å²) < 4.78 is 0. The molecule has 0 saturated carbocycles. The quantitative estimate of drug-likeness (QED) is 0.925. The molecule has 1 aliphatic heterocycles. The number of nitrogens with zero attached hydrogens (tertiary/aromatic N) is 1. The van der Waals surface area contributed by atoms with Gasteiger partial charge in [-0.15, -0.1) is 0 Å². The molecule has 3 rings (SSSR count). The first-order chi connectivity index (χ1) is 11.7. The maximum absolute atomic E-state index is 12.8. The third-order valence-corrected chi connectivity index (χ3v) is 4.85. The molecule has 1 N–H and O–H groups in total. The zero-order valence-corrected chi connectivity index (χ0v) is 15.4. The summed E-state index contributed by atoms with van der Waals surface area (Å²) in [5.74, 6) is -0.228. The van der Waals surface area contributed by atoms with E-state index >= 15 is 0 Å². The van der Waals surface area contributed by atoms with Gasteiger partial charge in [0.05, 0.1) is 5.41 Å². The molecule has 130 valence electrons. The lowest BCUT2D eigenvalue weighted by molar-refractivity contribution is -0.124. The molecule has 0 atom stereocenters. The van der Waals surface area contributed by atoms with Crippen LogP contribution in [-0.2, 0) is 15.0 Å². The summed E-state index contributed by atoms with van der Waals surface area (Å²) >= 11 is 0. The lowest BCUT2D eigenvalue weighted by Gasteiger charge is -2.20. The van der Waals surface area contributed by atoms with Gasteiger partial charge < -0.3 is 10.2 Å². The molecule has 1 heterocycles. The van der Waals surface area contributed by atoms with E-state index in [1.54, 1.807) is 4.90 Å². The first kappa shape index (κ1) is 17.2. The van der Waals surface area contributed by atoms with Crippen molar-refractivity contribution < 1.29 is 9.59 Å². The number of amides is 2. The molecule has 1 aliphatic rings. The number of fused-ring (bicyclic) bond motifs is 1. The first-order valence-corrected chi connectivity index (χ1v) is 8.50. The average Bonchev–Trinajstić information content (AvgIpc) is 2.71. The zero-order chi connectivity index (χ0) is 18.4. The number of hydrogen-bond acceptors (Lipinski definition) is 2. The van der Waals surface area contributed by atoms with Crippen LogP contribution in [0.1, 0.15) is 36.1 Å². The Bertz CT molecular complexity index is 868. The van der Waals surface area contributed by atoms with Crippen molar-refractivity contribution in [3.8, 4) is 0 Å². The number of aryl methyl sites for hydroxylation is 3. The molecule has 25 heavy (non-hydrogen) atoms. The zero-order valence-electron chi connectivity index (χ0n) is 15.4. The minimum Gasteiger partial charge on any atom is -0.324 e. The van der Waals surface area contributed by atoms with Crippen LogP contribution >= 0.6 is 0 Å². The molecule has 0 radical (unpaired) electrons. The van der Waals surface area contributed by atoms with Gasteiger partial charge in [-0.25, -0.2) is 0 Å². The number of rotatable bonds is 3. The largest absolute Gasteiger partial charge is 0.324 e. The van der Waals surface area contributed by atoms with E-state index in [2.05, 4.69) is 5.32 Å². The van der Waals surface area contributed by atoms with Crippen LogP contribution in [0.15, 0.2) is 36.4 Å². The van der Waals surface area contributed by atoms with Gasteiger partial charge in [-0.05, 0) is 57.9 Å². The van der Waals surface area contributed by atoms with E-state index in [0.29, 0.717) is 0 Å². The smallest absolute Gasteiger partial charge is 0.244 e.